The molecule has 0 saturated carbocycles. The lowest BCUT2D eigenvalue weighted by molar-refractivity contribution is -0.176. The maximum absolute atomic E-state index is 11.2. The van der Waals surface area contributed by atoms with E-state index in [9.17, 15) is 19.8 Å². The number of hydrogen-bond acceptors (Lipinski definition) is 6. The van der Waals surface area contributed by atoms with Crippen LogP contribution in [0.15, 0.2) is 0 Å². The summed E-state index contributed by atoms with van der Waals surface area (Å²) >= 11 is 0. The monoisotopic (exact) mass is 290 g/mol. The molecule has 2 saturated heterocycles. The third kappa shape index (κ3) is 2.78. The summed E-state index contributed by atoms with van der Waals surface area (Å²) in [5.41, 5.74) is 0. The number of aliphatic carboxylic acids is 2. The molecule has 0 aromatic heterocycles. The number of carbonyl (C=O) groups is 2. The summed E-state index contributed by atoms with van der Waals surface area (Å²) in [6.45, 7) is 6.22. The van der Waals surface area contributed by atoms with Crippen molar-refractivity contribution in [3.05, 3.63) is 0 Å². The number of hydrogen-bond donors (Lipinski definition) is 2. The van der Waals surface area contributed by atoms with Crippen LogP contribution >= 0.6 is 0 Å². The minimum absolute atomic E-state index is 1.06. The molecule has 0 spiro atoms. The average Bonchev–Trinajstić information content (AvgIpc) is 2.75. The van der Waals surface area contributed by atoms with Crippen LogP contribution in [0.2, 0.25) is 0 Å². The van der Waals surface area contributed by atoms with E-state index >= 15 is 0 Å². The van der Waals surface area contributed by atoms with Crippen molar-refractivity contribution in [2.24, 2.45) is 0 Å². The van der Waals surface area contributed by atoms with Gasteiger partial charge in [-0.05, 0) is 27.7 Å². The normalized spacial score (nSPS) is 38.8. The smallest absolute Gasteiger partial charge is 0.335 e. The SMILES string of the molecule is CC1(C)O[C@H]([C@H]2OC(C)(C)O[C@H]2C(=O)O)[C@H](C(=O)O)O1. The first-order chi connectivity index (χ1) is 9.02. The Kier molecular flexibility index (Phi) is 3.53. The second kappa shape index (κ2) is 4.66. The topological polar surface area (TPSA) is 112 Å². The molecule has 114 valence electrons. The summed E-state index contributed by atoms with van der Waals surface area (Å²) in [4.78, 5) is 22.5. The van der Waals surface area contributed by atoms with Crippen molar-refractivity contribution in [2.75, 3.05) is 0 Å². The molecule has 0 aromatic rings. The summed E-state index contributed by atoms with van der Waals surface area (Å²) in [6.07, 6.45) is -4.75. The maximum Gasteiger partial charge on any atom is 0.335 e. The van der Waals surface area contributed by atoms with E-state index in [-0.39, 0.29) is 0 Å². The average molecular weight is 290 g/mol. The van der Waals surface area contributed by atoms with Gasteiger partial charge in [0.2, 0.25) is 0 Å². The molecule has 0 aromatic carbocycles. The summed E-state index contributed by atoms with van der Waals surface area (Å²) < 4.78 is 21.6. The van der Waals surface area contributed by atoms with Crippen LogP contribution in [-0.2, 0) is 28.5 Å². The first kappa shape index (κ1) is 15.2. The molecule has 8 heteroatoms. The molecule has 0 unspecified atom stereocenters. The van der Waals surface area contributed by atoms with E-state index in [1.807, 2.05) is 0 Å². The summed E-state index contributed by atoms with van der Waals surface area (Å²) in [5.74, 6) is -4.74. The highest BCUT2D eigenvalue weighted by Crippen LogP contribution is 2.38. The molecule has 0 amide bonds. The van der Waals surface area contributed by atoms with E-state index in [0.29, 0.717) is 0 Å². The molecule has 0 aliphatic carbocycles. The van der Waals surface area contributed by atoms with Gasteiger partial charge in [0.25, 0.3) is 0 Å². The Morgan fingerprint density at radius 2 is 1.05 bits per heavy atom. The molecule has 2 aliphatic heterocycles. The Hall–Kier alpha value is -1.22. The molecule has 2 fully saturated rings. The van der Waals surface area contributed by atoms with E-state index in [2.05, 4.69) is 0 Å². The van der Waals surface area contributed by atoms with Crippen LogP contribution in [-0.4, -0.2) is 58.1 Å². The highest BCUT2D eigenvalue weighted by Gasteiger charge is 2.57. The van der Waals surface area contributed by atoms with Gasteiger partial charge in [-0.15, -0.1) is 0 Å². The van der Waals surface area contributed by atoms with E-state index in [4.69, 9.17) is 18.9 Å². The standard InChI is InChI=1S/C12H18O8/c1-11(2)17-5(7(19-11)9(13)14)6-8(10(15)16)20-12(3,4)18-6/h5-8H,1-4H3,(H,13,14)(H,15,16)/t5-,6-,7-,8-/m1/s1. The predicted octanol–water partition coefficient (Wildman–Crippen LogP) is 0.196. The molecule has 4 atom stereocenters. The number of rotatable bonds is 3. The van der Waals surface area contributed by atoms with Crippen LogP contribution in [0.25, 0.3) is 0 Å². The van der Waals surface area contributed by atoms with Gasteiger partial charge in [-0.25, -0.2) is 9.59 Å². The molecule has 2 heterocycles. The van der Waals surface area contributed by atoms with Crippen LogP contribution in [0, 0.1) is 0 Å². The highest BCUT2D eigenvalue weighted by atomic mass is 16.8. The minimum Gasteiger partial charge on any atom is -0.479 e. The largest absolute Gasteiger partial charge is 0.479 e. The van der Waals surface area contributed by atoms with E-state index in [1.54, 1.807) is 27.7 Å². The number of carboxylic acids is 2. The first-order valence-electron chi connectivity index (χ1n) is 6.19. The summed E-state index contributed by atoms with van der Waals surface area (Å²) in [5, 5.41) is 18.4. The van der Waals surface area contributed by atoms with Crippen molar-refractivity contribution in [1.82, 2.24) is 0 Å². The fourth-order valence-electron chi connectivity index (χ4n) is 2.44. The third-order valence-electron chi connectivity index (χ3n) is 3.07. The molecule has 20 heavy (non-hydrogen) atoms. The zero-order valence-electron chi connectivity index (χ0n) is 11.7. The molecular formula is C12H18O8. The summed E-state index contributed by atoms with van der Waals surface area (Å²) in [7, 11) is 0. The fraction of sp³-hybridized carbons (Fsp3) is 0.833. The lowest BCUT2D eigenvalue weighted by atomic mass is 10.0. The van der Waals surface area contributed by atoms with Gasteiger partial charge in [-0.2, -0.15) is 0 Å². The first-order valence-corrected chi connectivity index (χ1v) is 6.19. The van der Waals surface area contributed by atoms with Gasteiger partial charge in [0.15, 0.2) is 23.8 Å². The number of carboxylic acid groups (broad SMARTS) is 2. The Balaban J connectivity index is 2.28. The van der Waals surface area contributed by atoms with Crippen molar-refractivity contribution in [1.29, 1.82) is 0 Å². The van der Waals surface area contributed by atoms with E-state index < -0.39 is 47.9 Å². The molecule has 8 nitrogen and oxygen atoms in total. The van der Waals surface area contributed by atoms with Crippen molar-refractivity contribution in [3.8, 4) is 0 Å². The van der Waals surface area contributed by atoms with Crippen LogP contribution in [0.1, 0.15) is 27.7 Å². The lowest BCUT2D eigenvalue weighted by Gasteiger charge is -2.23. The van der Waals surface area contributed by atoms with Crippen LogP contribution < -0.4 is 0 Å². The third-order valence-corrected chi connectivity index (χ3v) is 3.07. The fourth-order valence-corrected chi connectivity index (χ4v) is 2.44. The van der Waals surface area contributed by atoms with Gasteiger partial charge in [-0.1, -0.05) is 0 Å². The molecule has 0 bridgehead atoms. The lowest BCUT2D eigenvalue weighted by Crippen LogP contribution is -2.47. The van der Waals surface area contributed by atoms with Crippen molar-refractivity contribution >= 4 is 11.9 Å². The zero-order chi connectivity index (χ0) is 15.3. The Bertz CT molecular complexity index is 389. The molecule has 0 radical (unpaired) electrons. The van der Waals surface area contributed by atoms with Crippen LogP contribution in [0.4, 0.5) is 0 Å². The highest BCUT2D eigenvalue weighted by molar-refractivity contribution is 5.76. The second-order valence-corrected chi connectivity index (χ2v) is 5.72. The zero-order valence-corrected chi connectivity index (χ0v) is 11.7. The van der Waals surface area contributed by atoms with Gasteiger partial charge in [0.1, 0.15) is 12.2 Å². The summed E-state index contributed by atoms with van der Waals surface area (Å²) in [6, 6.07) is 0. The van der Waals surface area contributed by atoms with E-state index in [0.717, 1.165) is 0 Å². The Morgan fingerprint density at radius 1 is 0.750 bits per heavy atom. The van der Waals surface area contributed by atoms with E-state index in [1.165, 1.54) is 0 Å². The van der Waals surface area contributed by atoms with Crippen molar-refractivity contribution < 1.29 is 38.7 Å². The van der Waals surface area contributed by atoms with Crippen molar-refractivity contribution in [2.45, 2.75) is 63.7 Å². The number of ether oxygens (including phenoxy) is 4. The van der Waals surface area contributed by atoms with Gasteiger partial charge < -0.3 is 29.2 Å². The maximum atomic E-state index is 11.2. The van der Waals surface area contributed by atoms with Gasteiger partial charge in [0, 0.05) is 0 Å². The Morgan fingerprint density at radius 3 is 1.30 bits per heavy atom. The van der Waals surface area contributed by atoms with Crippen LogP contribution in [0.3, 0.4) is 0 Å². The Labute approximate surface area is 115 Å². The molecular weight excluding hydrogens is 272 g/mol. The molecule has 2 aliphatic rings. The van der Waals surface area contributed by atoms with Crippen LogP contribution in [0.5, 0.6) is 0 Å². The second-order valence-electron chi connectivity index (χ2n) is 5.72. The van der Waals surface area contributed by atoms with Gasteiger partial charge >= 0.3 is 11.9 Å². The minimum atomic E-state index is -1.31. The quantitative estimate of drug-likeness (QED) is 0.758. The predicted molar refractivity (Wildman–Crippen MR) is 62.9 cm³/mol. The van der Waals surface area contributed by atoms with Gasteiger partial charge in [0.05, 0.1) is 0 Å². The molecule has 2 rings (SSSR count). The molecule has 2 N–H and O–H groups in total. The van der Waals surface area contributed by atoms with Gasteiger partial charge in [-0.3, -0.25) is 0 Å². The van der Waals surface area contributed by atoms with Crippen molar-refractivity contribution in [3.63, 3.8) is 0 Å².